The van der Waals surface area contributed by atoms with Gasteiger partial charge < -0.3 is 9.84 Å². The number of carbonyl (C=O) groups is 1. The molecule has 4 rings (SSSR count). The van der Waals surface area contributed by atoms with Gasteiger partial charge in [0.1, 0.15) is 5.82 Å². The highest BCUT2D eigenvalue weighted by atomic mass is 19.1. The number of nitrogens with one attached hydrogen (secondary N) is 1. The van der Waals surface area contributed by atoms with E-state index in [0.29, 0.717) is 39.9 Å². The Morgan fingerprint density at radius 2 is 2.00 bits per heavy atom. The highest BCUT2D eigenvalue weighted by molar-refractivity contribution is 5.95. The van der Waals surface area contributed by atoms with Gasteiger partial charge in [0.15, 0.2) is 11.6 Å². The molecule has 0 radical (unpaired) electrons. The molecule has 0 spiro atoms. The molecule has 3 heterocycles. The molecule has 0 fully saturated rings. The Labute approximate surface area is 165 Å². The molecule has 0 unspecified atom stereocenters. The van der Waals surface area contributed by atoms with Gasteiger partial charge in [-0.15, -0.1) is 0 Å². The number of halogens is 1. The summed E-state index contributed by atoms with van der Waals surface area (Å²) in [5.74, 6) is 0.761. The fraction of sp³-hybridized carbons (Fsp3) is 0.150. The maximum absolute atomic E-state index is 13.7. The lowest BCUT2D eigenvalue weighted by Crippen LogP contribution is -2.23. The van der Waals surface area contributed by atoms with Crippen LogP contribution < -0.4 is 5.32 Å². The fourth-order valence-corrected chi connectivity index (χ4v) is 2.83. The summed E-state index contributed by atoms with van der Waals surface area (Å²) in [4.78, 5) is 21.0. The number of rotatable bonds is 5. The van der Waals surface area contributed by atoms with Crippen LogP contribution in [0.2, 0.25) is 0 Å². The molecule has 8 nitrogen and oxygen atoms in total. The lowest BCUT2D eigenvalue weighted by Gasteiger charge is -2.07. The number of carbonyl (C=O) groups excluding carboxylic acids is 1. The molecule has 1 amide bonds. The minimum atomic E-state index is -0.360. The average Bonchev–Trinajstić information content (AvgIpc) is 3.33. The largest absolute Gasteiger partial charge is 0.348 e. The molecule has 0 aliphatic rings. The van der Waals surface area contributed by atoms with Crippen molar-refractivity contribution in [1.82, 2.24) is 30.2 Å². The van der Waals surface area contributed by atoms with Crippen LogP contribution in [0.1, 0.15) is 27.4 Å². The summed E-state index contributed by atoms with van der Waals surface area (Å²) in [5, 5.41) is 10.7. The molecule has 0 saturated heterocycles. The molecule has 1 N–H and O–H groups in total. The van der Waals surface area contributed by atoms with E-state index in [1.165, 1.54) is 12.3 Å². The molecular formula is C20H17FN6O2. The van der Waals surface area contributed by atoms with E-state index in [0.717, 1.165) is 0 Å². The lowest BCUT2D eigenvalue weighted by atomic mass is 10.2. The van der Waals surface area contributed by atoms with Crippen molar-refractivity contribution >= 4 is 5.91 Å². The lowest BCUT2D eigenvalue weighted by molar-refractivity contribution is 0.0950. The van der Waals surface area contributed by atoms with E-state index in [4.69, 9.17) is 4.52 Å². The summed E-state index contributed by atoms with van der Waals surface area (Å²) < 4.78 is 20.4. The van der Waals surface area contributed by atoms with Crippen molar-refractivity contribution in [3.05, 3.63) is 77.3 Å². The fourth-order valence-electron chi connectivity index (χ4n) is 2.83. The van der Waals surface area contributed by atoms with Gasteiger partial charge in [-0.3, -0.25) is 4.79 Å². The molecule has 4 aromatic rings. The van der Waals surface area contributed by atoms with Gasteiger partial charge in [-0.25, -0.2) is 14.1 Å². The molecule has 0 aliphatic heterocycles. The van der Waals surface area contributed by atoms with Crippen LogP contribution in [0.3, 0.4) is 0 Å². The van der Waals surface area contributed by atoms with Gasteiger partial charge in [0, 0.05) is 18.3 Å². The highest BCUT2D eigenvalue weighted by Crippen LogP contribution is 2.19. The van der Waals surface area contributed by atoms with Crippen molar-refractivity contribution in [2.24, 2.45) is 0 Å². The molecule has 0 aliphatic carbocycles. The van der Waals surface area contributed by atoms with Crippen LogP contribution in [0.5, 0.6) is 0 Å². The predicted octanol–water partition coefficient (Wildman–Crippen LogP) is 3.00. The summed E-state index contributed by atoms with van der Waals surface area (Å²) in [7, 11) is 0. The molecule has 29 heavy (non-hydrogen) atoms. The second-order valence-corrected chi connectivity index (χ2v) is 6.38. The number of aromatic nitrogens is 5. The van der Waals surface area contributed by atoms with Gasteiger partial charge in [-0.1, -0.05) is 23.4 Å². The Hall–Kier alpha value is -3.88. The molecule has 9 heteroatoms. The van der Waals surface area contributed by atoms with E-state index in [9.17, 15) is 9.18 Å². The standard InChI is InChI=1S/C20H17FN6O2/c1-12-16(19(28)23-9-14-5-3-4-6-17(14)21)11-24-27(12)18-8-7-15(10-22-18)20-25-13(2)26-29-20/h3-8,10-11H,9H2,1-2H3,(H,23,28). The van der Waals surface area contributed by atoms with Crippen LogP contribution in [-0.4, -0.2) is 30.8 Å². The third kappa shape index (κ3) is 3.75. The van der Waals surface area contributed by atoms with Crippen LogP contribution >= 0.6 is 0 Å². The molecule has 3 aromatic heterocycles. The molecule has 146 valence electrons. The second-order valence-electron chi connectivity index (χ2n) is 6.38. The number of amides is 1. The number of benzene rings is 1. The number of hydrogen-bond acceptors (Lipinski definition) is 6. The average molecular weight is 392 g/mol. The Balaban J connectivity index is 1.50. The van der Waals surface area contributed by atoms with Crippen molar-refractivity contribution in [2.45, 2.75) is 20.4 Å². The first-order valence-electron chi connectivity index (χ1n) is 8.86. The number of hydrogen-bond donors (Lipinski definition) is 1. The number of pyridine rings is 1. The third-order valence-electron chi connectivity index (χ3n) is 4.39. The van der Waals surface area contributed by atoms with E-state index in [2.05, 4.69) is 25.5 Å². The predicted molar refractivity (Wildman–Crippen MR) is 102 cm³/mol. The minimum Gasteiger partial charge on any atom is -0.348 e. The summed E-state index contributed by atoms with van der Waals surface area (Å²) >= 11 is 0. The molecular weight excluding hydrogens is 375 g/mol. The zero-order valence-corrected chi connectivity index (χ0v) is 15.8. The van der Waals surface area contributed by atoms with Crippen molar-refractivity contribution < 1.29 is 13.7 Å². The summed E-state index contributed by atoms with van der Waals surface area (Å²) in [5.41, 5.74) is 2.10. The van der Waals surface area contributed by atoms with Crippen molar-refractivity contribution in [3.8, 4) is 17.3 Å². The third-order valence-corrected chi connectivity index (χ3v) is 4.39. The Bertz CT molecular complexity index is 1170. The van der Waals surface area contributed by atoms with Gasteiger partial charge in [-0.2, -0.15) is 10.1 Å². The molecule has 0 atom stereocenters. The Morgan fingerprint density at radius 1 is 1.17 bits per heavy atom. The first-order valence-corrected chi connectivity index (χ1v) is 8.86. The summed E-state index contributed by atoms with van der Waals surface area (Å²) in [6.45, 7) is 3.59. The second kappa shape index (κ2) is 7.63. The van der Waals surface area contributed by atoms with Crippen LogP contribution in [0, 0.1) is 19.7 Å². The van der Waals surface area contributed by atoms with Crippen LogP contribution in [-0.2, 0) is 6.54 Å². The van der Waals surface area contributed by atoms with E-state index >= 15 is 0 Å². The van der Waals surface area contributed by atoms with E-state index in [1.807, 2.05) is 0 Å². The van der Waals surface area contributed by atoms with Crippen molar-refractivity contribution in [2.75, 3.05) is 0 Å². The quantitative estimate of drug-likeness (QED) is 0.561. The van der Waals surface area contributed by atoms with Crippen LogP contribution in [0.15, 0.2) is 53.3 Å². The van der Waals surface area contributed by atoms with Crippen molar-refractivity contribution in [3.63, 3.8) is 0 Å². The smallest absolute Gasteiger partial charge is 0.259 e. The number of nitrogens with zero attached hydrogens (tertiary/aromatic N) is 5. The topological polar surface area (TPSA) is 98.7 Å². The minimum absolute atomic E-state index is 0.0900. The Kier molecular flexibility index (Phi) is 4.86. The summed E-state index contributed by atoms with van der Waals surface area (Å²) in [6, 6.07) is 9.84. The molecule has 0 bridgehead atoms. The Morgan fingerprint density at radius 3 is 2.69 bits per heavy atom. The van der Waals surface area contributed by atoms with Gasteiger partial charge in [0.25, 0.3) is 11.8 Å². The SMILES string of the molecule is Cc1noc(-c2ccc(-n3ncc(C(=O)NCc4ccccc4F)c3C)nc2)n1. The zero-order valence-electron chi connectivity index (χ0n) is 15.8. The van der Waals surface area contributed by atoms with Gasteiger partial charge in [0.2, 0.25) is 0 Å². The van der Waals surface area contributed by atoms with E-state index < -0.39 is 0 Å². The molecule has 1 aromatic carbocycles. The van der Waals surface area contributed by atoms with Crippen LogP contribution in [0.25, 0.3) is 17.3 Å². The first-order chi connectivity index (χ1) is 14.0. The van der Waals surface area contributed by atoms with Gasteiger partial charge in [-0.05, 0) is 32.0 Å². The normalized spacial score (nSPS) is 10.9. The van der Waals surface area contributed by atoms with Gasteiger partial charge in [0.05, 0.1) is 23.0 Å². The maximum Gasteiger partial charge on any atom is 0.259 e. The summed E-state index contributed by atoms with van der Waals surface area (Å²) in [6.07, 6.45) is 3.06. The van der Waals surface area contributed by atoms with Gasteiger partial charge >= 0.3 is 0 Å². The van der Waals surface area contributed by atoms with Crippen molar-refractivity contribution in [1.29, 1.82) is 0 Å². The highest BCUT2D eigenvalue weighted by Gasteiger charge is 2.16. The first kappa shape index (κ1) is 18.5. The monoisotopic (exact) mass is 392 g/mol. The maximum atomic E-state index is 13.7. The van der Waals surface area contributed by atoms with E-state index in [-0.39, 0.29) is 18.3 Å². The zero-order chi connectivity index (χ0) is 20.4. The molecule has 0 saturated carbocycles. The number of aryl methyl sites for hydroxylation is 1. The van der Waals surface area contributed by atoms with E-state index in [1.54, 1.807) is 55.1 Å². The van der Waals surface area contributed by atoms with Crippen LogP contribution in [0.4, 0.5) is 4.39 Å².